The van der Waals surface area contributed by atoms with Crippen LogP contribution in [-0.2, 0) is 0 Å². The highest BCUT2D eigenvalue weighted by Gasteiger charge is 2.13. The molecule has 1 unspecified atom stereocenters. The summed E-state index contributed by atoms with van der Waals surface area (Å²) >= 11 is 9.32. The van der Waals surface area contributed by atoms with Gasteiger partial charge in [-0.1, -0.05) is 39.7 Å². The van der Waals surface area contributed by atoms with E-state index in [4.69, 9.17) is 11.6 Å². The molecule has 0 spiro atoms. The maximum Gasteiger partial charge on any atom is 0.288 e. The Balaban J connectivity index is 2.18. The molecule has 0 saturated carbocycles. The van der Waals surface area contributed by atoms with Crippen LogP contribution in [0, 0.1) is 10.1 Å². The Morgan fingerprint density at radius 3 is 2.65 bits per heavy atom. The highest BCUT2D eigenvalue weighted by Crippen LogP contribution is 2.29. The van der Waals surface area contributed by atoms with E-state index in [2.05, 4.69) is 21.2 Å². The fourth-order valence-corrected chi connectivity index (χ4v) is 2.52. The summed E-state index contributed by atoms with van der Waals surface area (Å²) in [6, 6.07) is 12.6. The monoisotopic (exact) mass is 354 g/mol. The molecule has 0 aliphatic heterocycles. The maximum atomic E-state index is 10.7. The Morgan fingerprint density at radius 2 is 2.05 bits per heavy atom. The van der Waals surface area contributed by atoms with Crippen molar-refractivity contribution in [3.63, 3.8) is 0 Å². The summed E-state index contributed by atoms with van der Waals surface area (Å²) in [6.07, 6.45) is 0. The van der Waals surface area contributed by atoms with Crippen LogP contribution in [0.4, 0.5) is 11.4 Å². The number of nitro benzene ring substituents is 1. The average Bonchev–Trinajstić information content (AvgIpc) is 2.38. The topological polar surface area (TPSA) is 55.2 Å². The lowest BCUT2D eigenvalue weighted by Gasteiger charge is -2.16. The molecule has 0 aliphatic rings. The smallest absolute Gasteiger partial charge is 0.288 e. The summed E-state index contributed by atoms with van der Waals surface area (Å²) < 4.78 is 1.00. The van der Waals surface area contributed by atoms with Gasteiger partial charge >= 0.3 is 0 Å². The average molecular weight is 356 g/mol. The van der Waals surface area contributed by atoms with Crippen molar-refractivity contribution in [2.45, 2.75) is 13.0 Å². The minimum Gasteiger partial charge on any atom is -0.378 e. The van der Waals surface area contributed by atoms with Crippen molar-refractivity contribution in [2.24, 2.45) is 0 Å². The number of halogens is 2. The molecule has 0 heterocycles. The Labute approximate surface area is 130 Å². The Hall–Kier alpha value is -1.59. The Morgan fingerprint density at radius 1 is 1.30 bits per heavy atom. The second-order valence-corrected chi connectivity index (χ2v) is 5.67. The quantitative estimate of drug-likeness (QED) is 0.607. The first-order valence-electron chi connectivity index (χ1n) is 5.93. The number of benzene rings is 2. The van der Waals surface area contributed by atoms with Crippen LogP contribution in [0.5, 0.6) is 0 Å². The minimum atomic E-state index is -0.496. The molecule has 1 N–H and O–H groups in total. The zero-order chi connectivity index (χ0) is 14.7. The van der Waals surface area contributed by atoms with Crippen LogP contribution in [0.25, 0.3) is 0 Å². The molecular weight excluding hydrogens is 344 g/mol. The molecule has 104 valence electrons. The second kappa shape index (κ2) is 6.24. The summed E-state index contributed by atoms with van der Waals surface area (Å²) in [6.45, 7) is 2.01. The highest BCUT2D eigenvalue weighted by atomic mass is 79.9. The van der Waals surface area contributed by atoms with E-state index < -0.39 is 4.92 Å². The molecule has 4 nitrogen and oxygen atoms in total. The molecule has 0 bridgehead atoms. The second-order valence-electron chi connectivity index (χ2n) is 4.34. The first kappa shape index (κ1) is 14.8. The van der Waals surface area contributed by atoms with Crippen LogP contribution in [0.3, 0.4) is 0 Å². The van der Waals surface area contributed by atoms with Gasteiger partial charge in [0.05, 0.1) is 4.92 Å². The lowest BCUT2D eigenvalue weighted by Crippen LogP contribution is -2.06. The van der Waals surface area contributed by atoms with Crippen molar-refractivity contribution in [1.82, 2.24) is 0 Å². The maximum absolute atomic E-state index is 10.7. The van der Waals surface area contributed by atoms with Gasteiger partial charge < -0.3 is 5.32 Å². The van der Waals surface area contributed by atoms with Gasteiger partial charge in [0, 0.05) is 22.3 Å². The molecular formula is C14H12BrClN2O2. The zero-order valence-corrected chi connectivity index (χ0v) is 13.0. The number of nitrogens with one attached hydrogen (secondary N) is 1. The number of nitrogens with zero attached hydrogens (tertiary/aromatic N) is 1. The predicted molar refractivity (Wildman–Crippen MR) is 84.3 cm³/mol. The third-order valence-corrected chi connectivity index (χ3v) is 3.67. The van der Waals surface area contributed by atoms with Crippen molar-refractivity contribution in [3.05, 3.63) is 67.6 Å². The third kappa shape index (κ3) is 3.49. The molecule has 0 aromatic heterocycles. The van der Waals surface area contributed by atoms with E-state index >= 15 is 0 Å². The molecule has 0 radical (unpaired) electrons. The van der Waals surface area contributed by atoms with Crippen molar-refractivity contribution in [2.75, 3.05) is 5.32 Å². The van der Waals surface area contributed by atoms with Gasteiger partial charge in [0.1, 0.15) is 5.02 Å². The number of hydrogen-bond donors (Lipinski definition) is 1. The number of anilines is 1. The normalized spacial score (nSPS) is 11.9. The molecule has 6 heteroatoms. The third-order valence-electron chi connectivity index (χ3n) is 2.88. The standard InChI is InChI=1S/C14H12BrClN2O2/c1-9(10-3-2-4-11(15)7-10)17-12-5-6-14(18(19)20)13(16)8-12/h2-9,17H,1H3. The highest BCUT2D eigenvalue weighted by molar-refractivity contribution is 9.10. The van der Waals surface area contributed by atoms with Crippen LogP contribution in [0.2, 0.25) is 5.02 Å². The molecule has 0 fully saturated rings. The van der Waals surface area contributed by atoms with Gasteiger partial charge in [0.25, 0.3) is 5.69 Å². The lowest BCUT2D eigenvalue weighted by molar-refractivity contribution is -0.384. The summed E-state index contributed by atoms with van der Waals surface area (Å²) in [5.74, 6) is 0. The number of hydrogen-bond acceptors (Lipinski definition) is 3. The van der Waals surface area contributed by atoms with Crippen molar-refractivity contribution < 1.29 is 4.92 Å². The molecule has 2 aromatic rings. The van der Waals surface area contributed by atoms with Crippen LogP contribution < -0.4 is 5.32 Å². The summed E-state index contributed by atoms with van der Waals surface area (Å²) in [5.41, 5.74) is 1.76. The van der Waals surface area contributed by atoms with E-state index in [9.17, 15) is 10.1 Å². The molecule has 2 aromatic carbocycles. The number of rotatable bonds is 4. The zero-order valence-electron chi connectivity index (χ0n) is 10.6. The molecule has 0 amide bonds. The van der Waals surface area contributed by atoms with Gasteiger partial charge in [-0.05, 0) is 36.8 Å². The van der Waals surface area contributed by atoms with E-state index in [1.165, 1.54) is 6.07 Å². The van der Waals surface area contributed by atoms with Gasteiger partial charge in [-0.15, -0.1) is 0 Å². The van der Waals surface area contributed by atoms with Crippen LogP contribution in [-0.4, -0.2) is 4.92 Å². The van der Waals surface area contributed by atoms with E-state index in [0.29, 0.717) is 0 Å². The van der Waals surface area contributed by atoms with Crippen LogP contribution >= 0.6 is 27.5 Å². The number of nitro groups is 1. The largest absolute Gasteiger partial charge is 0.378 e. The SMILES string of the molecule is CC(Nc1ccc([N+](=O)[O-])c(Cl)c1)c1cccc(Br)c1. The molecule has 20 heavy (non-hydrogen) atoms. The first-order valence-corrected chi connectivity index (χ1v) is 7.10. The predicted octanol–water partition coefficient (Wildman–Crippen LogP) is 5.18. The van der Waals surface area contributed by atoms with Crippen LogP contribution in [0.1, 0.15) is 18.5 Å². The first-order chi connectivity index (χ1) is 9.47. The Kier molecular flexibility index (Phi) is 4.62. The minimum absolute atomic E-state index is 0.0602. The summed E-state index contributed by atoms with van der Waals surface area (Å²) in [5, 5.41) is 14.1. The van der Waals surface area contributed by atoms with Crippen molar-refractivity contribution in [3.8, 4) is 0 Å². The van der Waals surface area contributed by atoms with Gasteiger partial charge in [0.2, 0.25) is 0 Å². The van der Waals surface area contributed by atoms with E-state index in [1.54, 1.807) is 12.1 Å². The Bertz CT molecular complexity index is 649. The summed E-state index contributed by atoms with van der Waals surface area (Å²) in [4.78, 5) is 10.2. The van der Waals surface area contributed by atoms with Gasteiger partial charge in [-0.25, -0.2) is 0 Å². The lowest BCUT2D eigenvalue weighted by atomic mass is 10.1. The van der Waals surface area contributed by atoms with Crippen molar-refractivity contribution in [1.29, 1.82) is 0 Å². The molecule has 2 rings (SSSR count). The van der Waals surface area contributed by atoms with Gasteiger partial charge in [-0.2, -0.15) is 0 Å². The van der Waals surface area contributed by atoms with E-state index in [1.807, 2.05) is 31.2 Å². The molecule has 1 atom stereocenters. The van der Waals surface area contributed by atoms with Crippen molar-refractivity contribution >= 4 is 38.9 Å². The van der Waals surface area contributed by atoms with E-state index in [-0.39, 0.29) is 16.8 Å². The van der Waals surface area contributed by atoms with Crippen LogP contribution in [0.15, 0.2) is 46.9 Å². The molecule has 0 saturated heterocycles. The van der Waals surface area contributed by atoms with Gasteiger partial charge in [0.15, 0.2) is 0 Å². The fourth-order valence-electron chi connectivity index (χ4n) is 1.85. The summed E-state index contributed by atoms with van der Waals surface area (Å²) in [7, 11) is 0. The fraction of sp³-hybridized carbons (Fsp3) is 0.143. The van der Waals surface area contributed by atoms with E-state index in [0.717, 1.165) is 15.7 Å². The van der Waals surface area contributed by atoms with Gasteiger partial charge in [-0.3, -0.25) is 10.1 Å². The molecule has 0 aliphatic carbocycles.